The van der Waals surface area contributed by atoms with Crippen molar-refractivity contribution in [2.75, 3.05) is 7.05 Å². The first-order valence-corrected chi connectivity index (χ1v) is 6.44. The van der Waals surface area contributed by atoms with Gasteiger partial charge in [-0.1, -0.05) is 11.6 Å². The smallest absolute Gasteiger partial charge is 0.166 e. The number of aromatic nitrogens is 2. The molecule has 1 aromatic heterocycles. The largest absolute Gasteiger partial charge is 0.485 e. The van der Waals surface area contributed by atoms with Gasteiger partial charge in [0, 0.05) is 29.0 Å². The molecule has 0 amide bonds. The monoisotopic (exact) mass is 277 g/mol. The van der Waals surface area contributed by atoms with Gasteiger partial charge in [0.2, 0.25) is 0 Å². The van der Waals surface area contributed by atoms with Gasteiger partial charge in [0.25, 0.3) is 0 Å². The molecule has 0 spiro atoms. The summed E-state index contributed by atoms with van der Waals surface area (Å²) >= 11 is 6.03. The van der Waals surface area contributed by atoms with Gasteiger partial charge in [-0.25, -0.2) is 9.97 Å². The lowest BCUT2D eigenvalue weighted by Crippen LogP contribution is -2.14. The van der Waals surface area contributed by atoms with E-state index in [1.54, 1.807) is 18.5 Å². The minimum atomic E-state index is 0.158. The number of ether oxygens (including phenoxy) is 1. The van der Waals surface area contributed by atoms with Gasteiger partial charge in [0.05, 0.1) is 0 Å². The molecular weight excluding hydrogens is 262 g/mol. The average Bonchev–Trinajstić information content (AvgIpc) is 2.46. The standard InChI is InChI=1S/C14H16ClN3O/c1-10(16-2)12-8-11(15)4-5-13(12)19-9-14-17-6-3-7-18-14/h3-8,10,16H,9H2,1-2H3. The molecule has 4 nitrogen and oxygen atoms in total. The molecule has 100 valence electrons. The van der Waals surface area contributed by atoms with Crippen molar-refractivity contribution < 1.29 is 4.74 Å². The van der Waals surface area contributed by atoms with Crippen molar-refractivity contribution in [3.05, 3.63) is 53.1 Å². The molecule has 0 saturated carbocycles. The Bertz CT molecular complexity index is 533. The molecule has 1 N–H and O–H groups in total. The second-order valence-electron chi connectivity index (χ2n) is 4.15. The summed E-state index contributed by atoms with van der Waals surface area (Å²) in [6, 6.07) is 7.53. The van der Waals surface area contributed by atoms with Gasteiger partial charge in [-0.15, -0.1) is 0 Å². The van der Waals surface area contributed by atoms with E-state index < -0.39 is 0 Å². The summed E-state index contributed by atoms with van der Waals surface area (Å²) < 4.78 is 5.78. The van der Waals surface area contributed by atoms with Crippen LogP contribution in [0.25, 0.3) is 0 Å². The fourth-order valence-corrected chi connectivity index (χ4v) is 1.87. The van der Waals surface area contributed by atoms with Gasteiger partial charge < -0.3 is 10.1 Å². The van der Waals surface area contributed by atoms with Crippen molar-refractivity contribution in [2.45, 2.75) is 19.6 Å². The van der Waals surface area contributed by atoms with Crippen molar-refractivity contribution in [1.29, 1.82) is 0 Å². The first-order chi connectivity index (χ1) is 9.20. The van der Waals surface area contributed by atoms with Crippen LogP contribution >= 0.6 is 11.6 Å². The van der Waals surface area contributed by atoms with E-state index in [-0.39, 0.29) is 6.04 Å². The SMILES string of the molecule is CNC(C)c1cc(Cl)ccc1OCc1ncccn1. The van der Waals surface area contributed by atoms with Gasteiger partial charge in [0.15, 0.2) is 5.82 Å². The molecule has 1 atom stereocenters. The number of nitrogens with one attached hydrogen (secondary N) is 1. The zero-order valence-electron chi connectivity index (χ0n) is 10.9. The van der Waals surface area contributed by atoms with Crippen LogP contribution in [0.4, 0.5) is 0 Å². The molecule has 19 heavy (non-hydrogen) atoms. The van der Waals surface area contributed by atoms with Crippen LogP contribution in [0, 0.1) is 0 Å². The third-order valence-electron chi connectivity index (χ3n) is 2.85. The quantitative estimate of drug-likeness (QED) is 0.913. The van der Waals surface area contributed by atoms with Crippen molar-refractivity contribution in [3.63, 3.8) is 0 Å². The van der Waals surface area contributed by atoms with Crippen LogP contribution in [0.1, 0.15) is 24.4 Å². The van der Waals surface area contributed by atoms with Crippen LogP contribution in [0.15, 0.2) is 36.7 Å². The average molecular weight is 278 g/mol. The predicted octanol–water partition coefficient (Wildman–Crippen LogP) is 2.99. The van der Waals surface area contributed by atoms with E-state index in [0.29, 0.717) is 17.5 Å². The number of halogens is 1. The predicted molar refractivity (Wildman–Crippen MR) is 75.3 cm³/mol. The normalized spacial score (nSPS) is 12.2. The van der Waals surface area contributed by atoms with Gasteiger partial charge in [-0.3, -0.25) is 0 Å². The maximum absolute atomic E-state index is 6.03. The highest BCUT2D eigenvalue weighted by Crippen LogP contribution is 2.28. The lowest BCUT2D eigenvalue weighted by molar-refractivity contribution is 0.290. The molecule has 2 aromatic rings. The molecule has 0 aliphatic heterocycles. The summed E-state index contributed by atoms with van der Waals surface area (Å²) in [7, 11) is 1.90. The van der Waals surface area contributed by atoms with Crippen molar-refractivity contribution in [2.24, 2.45) is 0 Å². The summed E-state index contributed by atoms with van der Waals surface area (Å²) in [4.78, 5) is 8.26. The Morgan fingerprint density at radius 3 is 2.74 bits per heavy atom. The van der Waals surface area contributed by atoms with Crippen LogP contribution in [0.3, 0.4) is 0 Å². The van der Waals surface area contributed by atoms with Crippen LogP contribution in [0.2, 0.25) is 5.02 Å². The molecule has 0 saturated heterocycles. The van der Waals surface area contributed by atoms with E-state index >= 15 is 0 Å². The second-order valence-corrected chi connectivity index (χ2v) is 4.58. The van der Waals surface area contributed by atoms with Crippen LogP contribution in [-0.4, -0.2) is 17.0 Å². The molecule has 0 radical (unpaired) electrons. The molecule has 5 heteroatoms. The molecule has 0 aliphatic carbocycles. The van der Waals surface area contributed by atoms with E-state index in [2.05, 4.69) is 22.2 Å². The molecule has 1 heterocycles. The van der Waals surface area contributed by atoms with Gasteiger partial charge in [-0.05, 0) is 38.2 Å². The number of rotatable bonds is 5. The lowest BCUT2D eigenvalue weighted by atomic mass is 10.1. The summed E-state index contributed by atoms with van der Waals surface area (Å²) in [6.45, 7) is 2.39. The van der Waals surface area contributed by atoms with Crippen molar-refractivity contribution in [3.8, 4) is 5.75 Å². The van der Waals surface area contributed by atoms with Gasteiger partial charge in [0.1, 0.15) is 12.4 Å². The molecular formula is C14H16ClN3O. The Kier molecular flexibility index (Phi) is 4.71. The Hall–Kier alpha value is -1.65. The minimum Gasteiger partial charge on any atom is -0.485 e. The fourth-order valence-electron chi connectivity index (χ4n) is 1.69. The maximum Gasteiger partial charge on any atom is 0.166 e. The van der Waals surface area contributed by atoms with Gasteiger partial charge >= 0.3 is 0 Å². The van der Waals surface area contributed by atoms with E-state index in [9.17, 15) is 0 Å². The minimum absolute atomic E-state index is 0.158. The highest BCUT2D eigenvalue weighted by molar-refractivity contribution is 6.30. The second kappa shape index (κ2) is 6.50. The van der Waals surface area contributed by atoms with E-state index in [4.69, 9.17) is 16.3 Å². The zero-order valence-corrected chi connectivity index (χ0v) is 11.7. The lowest BCUT2D eigenvalue weighted by Gasteiger charge is -2.16. The third-order valence-corrected chi connectivity index (χ3v) is 3.08. The van der Waals surface area contributed by atoms with Crippen LogP contribution < -0.4 is 10.1 Å². The van der Waals surface area contributed by atoms with Crippen LogP contribution in [-0.2, 0) is 6.61 Å². The van der Waals surface area contributed by atoms with Crippen molar-refractivity contribution >= 4 is 11.6 Å². The summed E-state index contributed by atoms with van der Waals surface area (Å²) in [5.41, 5.74) is 1.02. The highest BCUT2D eigenvalue weighted by atomic mass is 35.5. The zero-order chi connectivity index (χ0) is 13.7. The number of hydrogen-bond acceptors (Lipinski definition) is 4. The summed E-state index contributed by atoms with van der Waals surface area (Å²) in [5.74, 6) is 1.44. The molecule has 0 bridgehead atoms. The molecule has 1 aromatic carbocycles. The van der Waals surface area contributed by atoms with Crippen LogP contribution in [0.5, 0.6) is 5.75 Å². The van der Waals surface area contributed by atoms with Gasteiger partial charge in [-0.2, -0.15) is 0 Å². The molecule has 1 unspecified atom stereocenters. The van der Waals surface area contributed by atoms with Crippen molar-refractivity contribution in [1.82, 2.24) is 15.3 Å². The molecule has 2 rings (SSSR count). The Morgan fingerprint density at radius 2 is 2.05 bits per heavy atom. The molecule has 0 fully saturated rings. The Morgan fingerprint density at radius 1 is 1.32 bits per heavy atom. The first-order valence-electron chi connectivity index (χ1n) is 6.06. The maximum atomic E-state index is 6.03. The first kappa shape index (κ1) is 13.8. The fraction of sp³-hybridized carbons (Fsp3) is 0.286. The number of benzene rings is 1. The number of hydrogen-bond donors (Lipinski definition) is 1. The third kappa shape index (κ3) is 3.66. The highest BCUT2D eigenvalue weighted by Gasteiger charge is 2.11. The summed E-state index contributed by atoms with van der Waals surface area (Å²) in [5, 5.41) is 3.87. The Labute approximate surface area is 117 Å². The number of nitrogens with zero attached hydrogens (tertiary/aromatic N) is 2. The van der Waals surface area contributed by atoms with E-state index in [0.717, 1.165) is 11.3 Å². The Balaban J connectivity index is 2.15. The van der Waals surface area contributed by atoms with E-state index in [1.165, 1.54) is 0 Å². The molecule has 0 aliphatic rings. The summed E-state index contributed by atoms with van der Waals surface area (Å²) in [6.07, 6.45) is 3.40. The van der Waals surface area contributed by atoms with E-state index in [1.807, 2.05) is 25.2 Å². The topological polar surface area (TPSA) is 47.0 Å².